The third-order valence-electron chi connectivity index (χ3n) is 3.79. The normalized spacial score (nSPS) is 16.3. The van der Waals surface area contributed by atoms with Crippen LogP contribution in [0.25, 0.3) is 0 Å². The minimum atomic E-state index is 0.0222. The van der Waals surface area contributed by atoms with Crippen LogP contribution in [0.1, 0.15) is 29.6 Å². The molecule has 0 spiro atoms. The van der Waals surface area contributed by atoms with Crippen molar-refractivity contribution in [2.24, 2.45) is 5.92 Å². The fourth-order valence-corrected chi connectivity index (χ4v) is 2.47. The van der Waals surface area contributed by atoms with E-state index >= 15 is 0 Å². The summed E-state index contributed by atoms with van der Waals surface area (Å²) in [5.41, 5.74) is 0.630. The number of phenolic OH excluding ortho intramolecular Hbond substituents is 1. The second-order valence-corrected chi connectivity index (χ2v) is 5.26. The van der Waals surface area contributed by atoms with Gasteiger partial charge in [0, 0.05) is 19.2 Å². The summed E-state index contributed by atoms with van der Waals surface area (Å²) in [6.07, 6.45) is 3.49. The zero-order valence-electron chi connectivity index (χ0n) is 11.4. The smallest absolute Gasteiger partial charge is 0.253 e. The standard InChI is InChI=1S/C15H22N2O2/c1-17(11-8-12-6-9-16-10-7-12)15(19)13-2-4-14(18)5-3-13/h2-5,12,16,18H,6-11H2,1H3. The molecule has 2 N–H and O–H groups in total. The largest absolute Gasteiger partial charge is 0.508 e. The van der Waals surface area contributed by atoms with Gasteiger partial charge in [-0.05, 0) is 62.5 Å². The molecular formula is C15H22N2O2. The van der Waals surface area contributed by atoms with Gasteiger partial charge >= 0.3 is 0 Å². The lowest BCUT2D eigenvalue weighted by molar-refractivity contribution is 0.0784. The summed E-state index contributed by atoms with van der Waals surface area (Å²) >= 11 is 0. The summed E-state index contributed by atoms with van der Waals surface area (Å²) in [5.74, 6) is 0.944. The van der Waals surface area contributed by atoms with E-state index in [4.69, 9.17) is 0 Å². The lowest BCUT2D eigenvalue weighted by atomic mass is 9.94. The molecule has 4 nitrogen and oxygen atoms in total. The summed E-state index contributed by atoms with van der Waals surface area (Å²) < 4.78 is 0. The molecule has 4 heteroatoms. The Labute approximate surface area is 114 Å². The molecule has 1 amide bonds. The molecule has 1 aromatic carbocycles. The summed E-state index contributed by atoms with van der Waals surface area (Å²) in [4.78, 5) is 13.9. The summed E-state index contributed by atoms with van der Waals surface area (Å²) in [5, 5.41) is 12.6. The monoisotopic (exact) mass is 262 g/mol. The highest BCUT2D eigenvalue weighted by Gasteiger charge is 2.16. The Bertz CT molecular complexity index is 411. The van der Waals surface area contributed by atoms with Gasteiger partial charge in [0.05, 0.1) is 0 Å². The van der Waals surface area contributed by atoms with Crippen molar-refractivity contribution in [3.05, 3.63) is 29.8 Å². The molecule has 2 rings (SSSR count). The van der Waals surface area contributed by atoms with Gasteiger partial charge in [-0.2, -0.15) is 0 Å². The number of piperidine rings is 1. The number of nitrogens with one attached hydrogen (secondary N) is 1. The van der Waals surface area contributed by atoms with E-state index in [1.807, 2.05) is 7.05 Å². The van der Waals surface area contributed by atoms with Crippen molar-refractivity contribution in [2.45, 2.75) is 19.3 Å². The molecule has 0 aliphatic carbocycles. The van der Waals surface area contributed by atoms with Crippen LogP contribution in [-0.2, 0) is 0 Å². The van der Waals surface area contributed by atoms with Crippen molar-refractivity contribution in [3.63, 3.8) is 0 Å². The van der Waals surface area contributed by atoms with E-state index in [-0.39, 0.29) is 11.7 Å². The van der Waals surface area contributed by atoms with Crippen molar-refractivity contribution in [3.8, 4) is 5.75 Å². The maximum absolute atomic E-state index is 12.2. The van der Waals surface area contributed by atoms with Crippen LogP contribution in [0.2, 0.25) is 0 Å². The highest BCUT2D eigenvalue weighted by Crippen LogP contribution is 2.17. The van der Waals surface area contributed by atoms with E-state index in [1.54, 1.807) is 29.2 Å². The highest BCUT2D eigenvalue weighted by atomic mass is 16.3. The molecule has 0 atom stereocenters. The van der Waals surface area contributed by atoms with Crippen molar-refractivity contribution < 1.29 is 9.90 Å². The maximum Gasteiger partial charge on any atom is 0.253 e. The first-order chi connectivity index (χ1) is 9.16. The molecule has 1 aliphatic rings. The summed E-state index contributed by atoms with van der Waals surface area (Å²) in [6, 6.07) is 6.43. The van der Waals surface area contributed by atoms with Crippen LogP contribution in [0, 0.1) is 5.92 Å². The molecule has 19 heavy (non-hydrogen) atoms. The van der Waals surface area contributed by atoms with E-state index in [0.717, 1.165) is 32.0 Å². The van der Waals surface area contributed by atoms with E-state index in [2.05, 4.69) is 5.32 Å². The second-order valence-electron chi connectivity index (χ2n) is 5.26. The van der Waals surface area contributed by atoms with Crippen molar-refractivity contribution in [1.29, 1.82) is 0 Å². The predicted octanol–water partition coefficient (Wildman–Crippen LogP) is 1.85. The van der Waals surface area contributed by atoms with E-state index in [9.17, 15) is 9.90 Å². The number of carbonyl (C=O) groups excluding carboxylic acids is 1. The SMILES string of the molecule is CN(CCC1CCNCC1)C(=O)c1ccc(O)cc1. The number of hydrogen-bond acceptors (Lipinski definition) is 3. The number of benzene rings is 1. The fraction of sp³-hybridized carbons (Fsp3) is 0.533. The quantitative estimate of drug-likeness (QED) is 0.870. The number of aromatic hydroxyl groups is 1. The van der Waals surface area contributed by atoms with Crippen LogP contribution in [0.5, 0.6) is 5.75 Å². The van der Waals surface area contributed by atoms with Crippen molar-refractivity contribution >= 4 is 5.91 Å². The van der Waals surface area contributed by atoms with Gasteiger partial charge < -0.3 is 15.3 Å². The Morgan fingerprint density at radius 3 is 2.58 bits per heavy atom. The number of carbonyl (C=O) groups is 1. The summed E-state index contributed by atoms with van der Waals surface area (Å²) in [6.45, 7) is 2.99. The average Bonchev–Trinajstić information content (AvgIpc) is 2.46. The Kier molecular flexibility index (Phi) is 4.80. The van der Waals surface area contributed by atoms with E-state index < -0.39 is 0 Å². The second kappa shape index (κ2) is 6.57. The van der Waals surface area contributed by atoms with E-state index in [0.29, 0.717) is 5.56 Å². The molecule has 0 aromatic heterocycles. The molecule has 104 valence electrons. The predicted molar refractivity (Wildman–Crippen MR) is 75.3 cm³/mol. The van der Waals surface area contributed by atoms with E-state index in [1.165, 1.54) is 12.8 Å². The number of amides is 1. The number of hydrogen-bond donors (Lipinski definition) is 2. The molecule has 0 saturated carbocycles. The molecular weight excluding hydrogens is 240 g/mol. The van der Waals surface area contributed by atoms with Gasteiger partial charge in [-0.1, -0.05) is 0 Å². The minimum absolute atomic E-state index is 0.0222. The Morgan fingerprint density at radius 1 is 1.32 bits per heavy atom. The molecule has 1 saturated heterocycles. The molecule has 1 heterocycles. The number of nitrogens with zero attached hydrogens (tertiary/aromatic N) is 1. The molecule has 0 unspecified atom stereocenters. The van der Waals surface area contributed by atoms with Crippen LogP contribution in [0.3, 0.4) is 0 Å². The van der Waals surface area contributed by atoms with Gasteiger partial charge in [0.1, 0.15) is 5.75 Å². The minimum Gasteiger partial charge on any atom is -0.508 e. The molecule has 0 radical (unpaired) electrons. The molecule has 0 bridgehead atoms. The van der Waals surface area contributed by atoms with Crippen LogP contribution in [0.4, 0.5) is 0 Å². The van der Waals surface area contributed by atoms with Crippen LogP contribution < -0.4 is 5.32 Å². The van der Waals surface area contributed by atoms with Crippen LogP contribution in [0.15, 0.2) is 24.3 Å². The Balaban J connectivity index is 1.83. The van der Waals surface area contributed by atoms with Gasteiger partial charge in [-0.25, -0.2) is 0 Å². The number of phenols is 1. The third kappa shape index (κ3) is 3.96. The van der Waals surface area contributed by atoms with Crippen LogP contribution in [-0.4, -0.2) is 42.6 Å². The van der Waals surface area contributed by atoms with Gasteiger partial charge in [0.25, 0.3) is 5.91 Å². The molecule has 1 fully saturated rings. The Morgan fingerprint density at radius 2 is 1.95 bits per heavy atom. The zero-order chi connectivity index (χ0) is 13.7. The van der Waals surface area contributed by atoms with Gasteiger partial charge in [-0.15, -0.1) is 0 Å². The average molecular weight is 262 g/mol. The van der Waals surface area contributed by atoms with Gasteiger partial charge in [-0.3, -0.25) is 4.79 Å². The van der Waals surface area contributed by atoms with Crippen molar-refractivity contribution in [1.82, 2.24) is 10.2 Å². The fourth-order valence-electron chi connectivity index (χ4n) is 2.47. The lowest BCUT2D eigenvalue weighted by Gasteiger charge is -2.25. The molecule has 1 aliphatic heterocycles. The maximum atomic E-state index is 12.2. The first-order valence-corrected chi connectivity index (χ1v) is 6.92. The first kappa shape index (κ1) is 13.9. The first-order valence-electron chi connectivity index (χ1n) is 6.92. The lowest BCUT2D eigenvalue weighted by Crippen LogP contribution is -2.32. The van der Waals surface area contributed by atoms with Crippen molar-refractivity contribution in [2.75, 3.05) is 26.7 Å². The topological polar surface area (TPSA) is 52.6 Å². The summed E-state index contributed by atoms with van der Waals surface area (Å²) in [7, 11) is 1.84. The van der Waals surface area contributed by atoms with Gasteiger partial charge in [0.2, 0.25) is 0 Å². The number of rotatable bonds is 4. The Hall–Kier alpha value is -1.55. The van der Waals surface area contributed by atoms with Gasteiger partial charge in [0.15, 0.2) is 0 Å². The van der Waals surface area contributed by atoms with Crippen LogP contribution >= 0.6 is 0 Å². The highest BCUT2D eigenvalue weighted by molar-refractivity contribution is 5.94. The third-order valence-corrected chi connectivity index (χ3v) is 3.79. The zero-order valence-corrected chi connectivity index (χ0v) is 11.4. The molecule has 1 aromatic rings.